The molecule has 0 spiro atoms. The summed E-state index contributed by atoms with van der Waals surface area (Å²) in [6, 6.07) is -0.387. The van der Waals surface area contributed by atoms with Crippen molar-refractivity contribution in [1.29, 1.82) is 0 Å². The van der Waals surface area contributed by atoms with E-state index in [0.717, 1.165) is 5.56 Å². The summed E-state index contributed by atoms with van der Waals surface area (Å²) >= 11 is 1.50. The first kappa shape index (κ1) is 15.0. The molecule has 0 aliphatic rings. The predicted octanol–water partition coefficient (Wildman–Crippen LogP) is 0.437. The Morgan fingerprint density at radius 2 is 2.11 bits per heavy atom. The minimum atomic E-state index is -1.33. The summed E-state index contributed by atoms with van der Waals surface area (Å²) in [4.78, 5) is 33.1. The third kappa shape index (κ3) is 4.96. The van der Waals surface area contributed by atoms with E-state index in [2.05, 4.69) is 10.6 Å². The van der Waals surface area contributed by atoms with Crippen molar-refractivity contribution in [2.45, 2.75) is 25.4 Å². The number of amides is 3. The van der Waals surface area contributed by atoms with Crippen LogP contribution in [0.25, 0.3) is 0 Å². The van der Waals surface area contributed by atoms with Gasteiger partial charge in [-0.25, -0.2) is 9.59 Å². The van der Waals surface area contributed by atoms with Gasteiger partial charge in [0.1, 0.15) is 6.04 Å². The zero-order valence-corrected chi connectivity index (χ0v) is 11.1. The summed E-state index contributed by atoms with van der Waals surface area (Å²) in [5.41, 5.74) is 5.83. The van der Waals surface area contributed by atoms with Gasteiger partial charge in [-0.05, 0) is 29.3 Å². The third-order valence-electron chi connectivity index (χ3n) is 2.40. The molecule has 2 atom stereocenters. The van der Waals surface area contributed by atoms with Gasteiger partial charge in [-0.2, -0.15) is 11.3 Å². The second-order valence-corrected chi connectivity index (χ2v) is 4.74. The number of hydrogen-bond acceptors (Lipinski definition) is 4. The number of primary amides is 1. The van der Waals surface area contributed by atoms with Gasteiger partial charge in [-0.1, -0.05) is 0 Å². The lowest BCUT2D eigenvalue weighted by molar-refractivity contribution is -0.140. The van der Waals surface area contributed by atoms with Crippen LogP contribution in [-0.4, -0.2) is 29.1 Å². The lowest BCUT2D eigenvalue weighted by Crippen LogP contribution is -2.48. The minimum Gasteiger partial charge on any atom is -0.480 e. The maximum atomic E-state index is 11.6. The van der Waals surface area contributed by atoms with Crippen molar-refractivity contribution >= 4 is 29.2 Å². The second-order valence-electron chi connectivity index (χ2n) is 3.96. The van der Waals surface area contributed by atoms with Crippen LogP contribution in [0.2, 0.25) is 0 Å². The zero-order valence-electron chi connectivity index (χ0n) is 10.3. The van der Waals surface area contributed by atoms with Crippen molar-refractivity contribution in [2.75, 3.05) is 0 Å². The standard InChI is InChI=1S/C11H15N3O4S/c1-6(7-2-3-19-5-7)13-11(18)14-8(10(16)17)4-9(12)15/h2-3,5-6,8H,4H2,1H3,(H2,12,15)(H,16,17)(H2,13,14,18)/t6?,8-/m0/s1. The highest BCUT2D eigenvalue weighted by Crippen LogP contribution is 2.15. The van der Waals surface area contributed by atoms with E-state index in [9.17, 15) is 14.4 Å². The van der Waals surface area contributed by atoms with E-state index in [1.54, 1.807) is 6.92 Å². The van der Waals surface area contributed by atoms with Crippen LogP contribution >= 0.6 is 11.3 Å². The van der Waals surface area contributed by atoms with Gasteiger partial charge in [0.2, 0.25) is 5.91 Å². The number of carboxylic acid groups (broad SMARTS) is 1. The molecule has 0 fully saturated rings. The summed E-state index contributed by atoms with van der Waals surface area (Å²) in [7, 11) is 0. The predicted molar refractivity (Wildman–Crippen MR) is 69.6 cm³/mol. The molecule has 8 heteroatoms. The third-order valence-corrected chi connectivity index (χ3v) is 3.10. The Morgan fingerprint density at radius 3 is 2.58 bits per heavy atom. The average Bonchev–Trinajstić information content (AvgIpc) is 2.80. The van der Waals surface area contributed by atoms with Gasteiger partial charge in [0, 0.05) is 0 Å². The average molecular weight is 285 g/mol. The molecular formula is C11H15N3O4S. The SMILES string of the molecule is CC(NC(=O)N[C@@H](CC(N)=O)C(=O)O)c1ccsc1. The fourth-order valence-electron chi connectivity index (χ4n) is 1.40. The molecule has 0 radical (unpaired) electrons. The highest BCUT2D eigenvalue weighted by atomic mass is 32.1. The Labute approximate surface area is 113 Å². The molecule has 1 aromatic rings. The van der Waals surface area contributed by atoms with E-state index in [1.165, 1.54) is 11.3 Å². The number of thiophene rings is 1. The number of aliphatic carboxylic acids is 1. The molecule has 1 unspecified atom stereocenters. The topological polar surface area (TPSA) is 122 Å². The van der Waals surface area contributed by atoms with Crippen molar-refractivity contribution < 1.29 is 19.5 Å². The number of nitrogens with one attached hydrogen (secondary N) is 2. The van der Waals surface area contributed by atoms with Gasteiger partial charge in [0.05, 0.1) is 12.5 Å². The van der Waals surface area contributed by atoms with Crippen LogP contribution in [0.4, 0.5) is 4.79 Å². The maximum absolute atomic E-state index is 11.6. The van der Waals surface area contributed by atoms with Crippen LogP contribution in [-0.2, 0) is 9.59 Å². The van der Waals surface area contributed by atoms with Crippen molar-refractivity contribution in [2.24, 2.45) is 5.73 Å². The molecule has 5 N–H and O–H groups in total. The lowest BCUT2D eigenvalue weighted by Gasteiger charge is -2.17. The first-order valence-corrected chi connectivity index (χ1v) is 6.44. The van der Waals surface area contributed by atoms with E-state index < -0.39 is 30.4 Å². The molecule has 3 amide bonds. The number of carbonyl (C=O) groups is 3. The molecule has 0 aliphatic heterocycles. The Hall–Kier alpha value is -2.09. The Kier molecular flexibility index (Phi) is 5.31. The summed E-state index contributed by atoms with van der Waals surface area (Å²) in [5, 5.41) is 17.4. The van der Waals surface area contributed by atoms with Gasteiger partial charge < -0.3 is 21.5 Å². The van der Waals surface area contributed by atoms with Crippen LogP contribution < -0.4 is 16.4 Å². The van der Waals surface area contributed by atoms with Crippen molar-refractivity contribution in [3.8, 4) is 0 Å². The lowest BCUT2D eigenvalue weighted by atomic mass is 10.2. The number of urea groups is 1. The molecule has 0 aromatic carbocycles. The van der Waals surface area contributed by atoms with E-state index in [1.807, 2.05) is 16.8 Å². The molecule has 1 aromatic heterocycles. The quantitative estimate of drug-likeness (QED) is 0.605. The Morgan fingerprint density at radius 1 is 1.42 bits per heavy atom. The fourth-order valence-corrected chi connectivity index (χ4v) is 2.16. The van der Waals surface area contributed by atoms with E-state index in [-0.39, 0.29) is 6.04 Å². The second kappa shape index (κ2) is 6.74. The molecule has 0 saturated carbocycles. The van der Waals surface area contributed by atoms with Gasteiger partial charge >= 0.3 is 12.0 Å². The number of carbonyl (C=O) groups excluding carboxylic acids is 2. The summed E-state index contributed by atoms with van der Waals surface area (Å²) < 4.78 is 0. The van der Waals surface area contributed by atoms with Crippen molar-refractivity contribution in [3.05, 3.63) is 22.4 Å². The molecule has 0 aliphatic carbocycles. The minimum absolute atomic E-state index is 0.255. The number of hydrogen-bond donors (Lipinski definition) is 4. The van der Waals surface area contributed by atoms with Crippen LogP contribution in [0.15, 0.2) is 16.8 Å². The first-order chi connectivity index (χ1) is 8.90. The van der Waals surface area contributed by atoms with Crippen LogP contribution in [0.3, 0.4) is 0 Å². The Bertz CT molecular complexity index is 461. The fraction of sp³-hybridized carbons (Fsp3) is 0.364. The van der Waals surface area contributed by atoms with Gasteiger partial charge in [0.15, 0.2) is 0 Å². The highest BCUT2D eigenvalue weighted by Gasteiger charge is 2.22. The maximum Gasteiger partial charge on any atom is 0.326 e. The molecule has 0 bridgehead atoms. The van der Waals surface area contributed by atoms with Crippen LogP contribution in [0.5, 0.6) is 0 Å². The Balaban J connectivity index is 2.53. The summed E-state index contributed by atoms with van der Waals surface area (Å²) in [5.74, 6) is -2.10. The molecule has 1 rings (SSSR count). The molecule has 0 saturated heterocycles. The first-order valence-electron chi connectivity index (χ1n) is 5.50. The number of carboxylic acids is 1. The van der Waals surface area contributed by atoms with E-state index in [0.29, 0.717) is 0 Å². The van der Waals surface area contributed by atoms with Crippen LogP contribution in [0.1, 0.15) is 24.9 Å². The van der Waals surface area contributed by atoms with Crippen molar-refractivity contribution in [1.82, 2.24) is 10.6 Å². The van der Waals surface area contributed by atoms with Gasteiger partial charge in [-0.3, -0.25) is 4.79 Å². The molecule has 19 heavy (non-hydrogen) atoms. The van der Waals surface area contributed by atoms with Crippen LogP contribution in [0, 0.1) is 0 Å². The number of nitrogens with two attached hydrogens (primary N) is 1. The van der Waals surface area contributed by atoms with Crippen molar-refractivity contribution in [3.63, 3.8) is 0 Å². The molecule has 7 nitrogen and oxygen atoms in total. The monoisotopic (exact) mass is 285 g/mol. The highest BCUT2D eigenvalue weighted by molar-refractivity contribution is 7.07. The molecular weight excluding hydrogens is 270 g/mol. The number of rotatable bonds is 6. The molecule has 1 heterocycles. The van der Waals surface area contributed by atoms with E-state index >= 15 is 0 Å². The summed E-state index contributed by atoms with van der Waals surface area (Å²) in [6.45, 7) is 1.77. The normalized spacial score (nSPS) is 13.3. The summed E-state index contributed by atoms with van der Waals surface area (Å²) in [6.07, 6.45) is -0.449. The smallest absolute Gasteiger partial charge is 0.326 e. The van der Waals surface area contributed by atoms with E-state index in [4.69, 9.17) is 10.8 Å². The van der Waals surface area contributed by atoms with Gasteiger partial charge in [0.25, 0.3) is 0 Å². The molecule has 104 valence electrons. The largest absolute Gasteiger partial charge is 0.480 e. The zero-order chi connectivity index (χ0) is 14.4. The van der Waals surface area contributed by atoms with Gasteiger partial charge in [-0.15, -0.1) is 0 Å².